The van der Waals surface area contributed by atoms with Crippen molar-refractivity contribution in [1.82, 2.24) is 5.32 Å². The molecule has 0 bridgehead atoms. The molecule has 1 aliphatic heterocycles. The number of nitrogens with zero attached hydrogens (tertiary/aromatic N) is 1. The maximum Gasteiger partial charge on any atom is 0.335 e. The summed E-state index contributed by atoms with van der Waals surface area (Å²) in [6.45, 7) is 5.22. The Labute approximate surface area is 235 Å². The van der Waals surface area contributed by atoms with Gasteiger partial charge in [-0.25, -0.2) is 9.69 Å². The highest BCUT2D eigenvalue weighted by Gasteiger charge is 2.36. The second-order valence-electron chi connectivity index (χ2n) is 8.67. The van der Waals surface area contributed by atoms with Gasteiger partial charge in [-0.3, -0.25) is 14.9 Å². The molecule has 0 unspecified atom stereocenters. The molecule has 1 fully saturated rings. The second kappa shape index (κ2) is 13.1. The van der Waals surface area contributed by atoms with Crippen molar-refractivity contribution >= 4 is 45.5 Å². The Hall–Kier alpha value is -4.11. The Balaban J connectivity index is 1.55. The molecule has 202 valence electrons. The first-order valence-corrected chi connectivity index (χ1v) is 13.5. The summed E-state index contributed by atoms with van der Waals surface area (Å²) in [4.78, 5) is 39.5. The number of carbonyl (C=O) groups is 3. The third-order valence-corrected chi connectivity index (χ3v) is 6.66. The van der Waals surface area contributed by atoms with Crippen LogP contribution in [0.25, 0.3) is 6.08 Å². The molecule has 3 aromatic rings. The molecule has 0 atom stereocenters. The van der Waals surface area contributed by atoms with Crippen LogP contribution in [0, 0.1) is 0 Å². The molecule has 1 heterocycles. The van der Waals surface area contributed by atoms with E-state index in [1.54, 1.807) is 42.5 Å². The quantitative estimate of drug-likeness (QED) is 0.160. The van der Waals surface area contributed by atoms with E-state index in [1.165, 1.54) is 6.08 Å². The smallest absolute Gasteiger partial charge is 0.335 e. The molecule has 39 heavy (non-hydrogen) atoms. The van der Waals surface area contributed by atoms with Gasteiger partial charge in [0.25, 0.3) is 11.8 Å². The van der Waals surface area contributed by atoms with E-state index in [0.717, 1.165) is 27.8 Å². The molecule has 8 nitrogen and oxygen atoms in total. The number of unbranched alkanes of at least 4 members (excludes halogenated alkanes) is 1. The van der Waals surface area contributed by atoms with Crippen molar-refractivity contribution in [3.05, 3.63) is 87.9 Å². The summed E-state index contributed by atoms with van der Waals surface area (Å²) in [5.41, 5.74) is 1.66. The SMILES string of the molecule is CCCCOc1ccc(N2C(=O)NC(=O)/C(=C/c3ccc(OCc4ccccc4Br)c(OCC)c3)C2=O)cc1. The van der Waals surface area contributed by atoms with Crippen LogP contribution in [0.5, 0.6) is 17.2 Å². The van der Waals surface area contributed by atoms with Gasteiger partial charge in [0.2, 0.25) is 0 Å². The molecule has 0 aromatic heterocycles. The first-order chi connectivity index (χ1) is 18.9. The van der Waals surface area contributed by atoms with Gasteiger partial charge in [-0.1, -0.05) is 53.5 Å². The average molecular weight is 593 g/mol. The fourth-order valence-electron chi connectivity index (χ4n) is 3.86. The van der Waals surface area contributed by atoms with Crippen molar-refractivity contribution in [3.8, 4) is 17.2 Å². The van der Waals surface area contributed by atoms with Crippen molar-refractivity contribution in [2.45, 2.75) is 33.3 Å². The number of carbonyl (C=O) groups excluding carboxylic acids is 3. The summed E-state index contributed by atoms with van der Waals surface area (Å²) < 4.78 is 18.3. The summed E-state index contributed by atoms with van der Waals surface area (Å²) in [6.07, 6.45) is 3.37. The number of urea groups is 1. The number of hydrogen-bond acceptors (Lipinski definition) is 6. The molecule has 4 amide bonds. The predicted molar refractivity (Wildman–Crippen MR) is 152 cm³/mol. The highest BCUT2D eigenvalue weighted by molar-refractivity contribution is 9.10. The van der Waals surface area contributed by atoms with Crippen LogP contribution in [-0.4, -0.2) is 31.1 Å². The summed E-state index contributed by atoms with van der Waals surface area (Å²) in [6, 6.07) is 18.7. The average Bonchev–Trinajstić information content (AvgIpc) is 2.92. The lowest BCUT2D eigenvalue weighted by molar-refractivity contribution is -0.122. The fraction of sp³-hybridized carbons (Fsp3) is 0.233. The summed E-state index contributed by atoms with van der Waals surface area (Å²) >= 11 is 3.52. The number of hydrogen-bond donors (Lipinski definition) is 1. The van der Waals surface area contributed by atoms with E-state index in [4.69, 9.17) is 14.2 Å². The number of ether oxygens (including phenoxy) is 3. The van der Waals surface area contributed by atoms with E-state index in [-0.39, 0.29) is 5.57 Å². The number of nitrogens with one attached hydrogen (secondary N) is 1. The van der Waals surface area contributed by atoms with E-state index in [2.05, 4.69) is 28.2 Å². The van der Waals surface area contributed by atoms with Gasteiger partial charge in [-0.05, 0) is 67.4 Å². The Morgan fingerprint density at radius 2 is 1.67 bits per heavy atom. The molecule has 0 saturated carbocycles. The van der Waals surface area contributed by atoms with Crippen LogP contribution in [0.1, 0.15) is 37.8 Å². The summed E-state index contributed by atoms with van der Waals surface area (Å²) in [7, 11) is 0. The van der Waals surface area contributed by atoms with Gasteiger partial charge >= 0.3 is 6.03 Å². The topological polar surface area (TPSA) is 94.2 Å². The Morgan fingerprint density at radius 3 is 2.38 bits per heavy atom. The van der Waals surface area contributed by atoms with Gasteiger partial charge in [-0.15, -0.1) is 0 Å². The number of imide groups is 2. The maximum atomic E-state index is 13.3. The van der Waals surface area contributed by atoms with Gasteiger partial charge in [0.15, 0.2) is 11.5 Å². The molecular formula is C30H29BrN2O6. The van der Waals surface area contributed by atoms with Crippen LogP contribution >= 0.6 is 15.9 Å². The van der Waals surface area contributed by atoms with E-state index in [9.17, 15) is 14.4 Å². The lowest BCUT2D eigenvalue weighted by Crippen LogP contribution is -2.54. The van der Waals surface area contributed by atoms with Crippen LogP contribution in [0.4, 0.5) is 10.5 Å². The van der Waals surface area contributed by atoms with E-state index in [0.29, 0.717) is 48.3 Å². The van der Waals surface area contributed by atoms with E-state index in [1.807, 2.05) is 31.2 Å². The Morgan fingerprint density at radius 1 is 0.897 bits per heavy atom. The number of amides is 4. The standard InChI is InChI=1S/C30H29BrN2O6/c1-3-5-16-38-23-13-11-22(12-14-23)33-29(35)24(28(34)32-30(33)36)17-20-10-15-26(27(18-20)37-4-2)39-19-21-8-6-7-9-25(21)31/h6-15,17-18H,3-5,16,19H2,1-2H3,(H,32,34,36)/b24-17-. The van der Waals surface area contributed by atoms with E-state index < -0.39 is 17.8 Å². The molecule has 3 aromatic carbocycles. The fourth-order valence-corrected chi connectivity index (χ4v) is 4.26. The molecule has 0 aliphatic carbocycles. The van der Waals surface area contributed by atoms with Gasteiger partial charge in [-0.2, -0.15) is 0 Å². The minimum Gasteiger partial charge on any atom is -0.494 e. The summed E-state index contributed by atoms with van der Waals surface area (Å²) in [5.74, 6) is 0.124. The normalized spacial score (nSPS) is 14.4. The number of halogens is 1. The van der Waals surface area contributed by atoms with Crippen molar-refractivity contribution in [3.63, 3.8) is 0 Å². The molecule has 0 radical (unpaired) electrons. The predicted octanol–water partition coefficient (Wildman–Crippen LogP) is 6.27. The molecular weight excluding hydrogens is 564 g/mol. The van der Waals surface area contributed by atoms with Crippen LogP contribution in [0.2, 0.25) is 0 Å². The molecule has 1 aliphatic rings. The first kappa shape index (κ1) is 27.9. The van der Waals surface area contributed by atoms with Gasteiger partial charge in [0.1, 0.15) is 17.9 Å². The van der Waals surface area contributed by atoms with Crippen LogP contribution in [0.3, 0.4) is 0 Å². The first-order valence-electron chi connectivity index (χ1n) is 12.7. The van der Waals surface area contributed by atoms with Crippen molar-refractivity contribution < 1.29 is 28.6 Å². The minimum atomic E-state index is -0.812. The highest BCUT2D eigenvalue weighted by Crippen LogP contribution is 2.32. The van der Waals surface area contributed by atoms with Crippen LogP contribution in [0.15, 0.2) is 76.8 Å². The van der Waals surface area contributed by atoms with E-state index >= 15 is 0 Å². The number of rotatable bonds is 11. The zero-order valence-electron chi connectivity index (χ0n) is 21.7. The molecule has 1 N–H and O–H groups in total. The van der Waals surface area contributed by atoms with Crippen LogP contribution in [-0.2, 0) is 16.2 Å². The third-order valence-electron chi connectivity index (χ3n) is 5.88. The zero-order chi connectivity index (χ0) is 27.8. The zero-order valence-corrected chi connectivity index (χ0v) is 23.3. The molecule has 9 heteroatoms. The highest BCUT2D eigenvalue weighted by atomic mass is 79.9. The van der Waals surface area contributed by atoms with Crippen LogP contribution < -0.4 is 24.4 Å². The van der Waals surface area contributed by atoms with Gasteiger partial charge < -0.3 is 14.2 Å². The van der Waals surface area contributed by atoms with Gasteiger partial charge in [0, 0.05) is 10.0 Å². The summed E-state index contributed by atoms with van der Waals surface area (Å²) in [5, 5.41) is 2.25. The maximum absolute atomic E-state index is 13.3. The van der Waals surface area contributed by atoms with Crippen molar-refractivity contribution in [1.29, 1.82) is 0 Å². The van der Waals surface area contributed by atoms with Gasteiger partial charge in [0.05, 0.1) is 18.9 Å². The molecule has 0 spiro atoms. The molecule has 1 saturated heterocycles. The lowest BCUT2D eigenvalue weighted by atomic mass is 10.1. The number of barbiturate groups is 1. The third kappa shape index (κ3) is 6.86. The lowest BCUT2D eigenvalue weighted by Gasteiger charge is -2.26. The second-order valence-corrected chi connectivity index (χ2v) is 9.53. The Kier molecular flexibility index (Phi) is 9.38. The number of benzene rings is 3. The Bertz CT molecular complexity index is 1390. The van der Waals surface area contributed by atoms with Crippen molar-refractivity contribution in [2.75, 3.05) is 18.1 Å². The largest absolute Gasteiger partial charge is 0.494 e. The minimum absolute atomic E-state index is 0.179. The molecule has 4 rings (SSSR count). The monoisotopic (exact) mass is 592 g/mol. The van der Waals surface area contributed by atoms with Crippen molar-refractivity contribution in [2.24, 2.45) is 0 Å². The number of anilines is 1.